The number of carbonyl (C=O) groups is 2. The fourth-order valence-corrected chi connectivity index (χ4v) is 3.02. The summed E-state index contributed by atoms with van der Waals surface area (Å²) in [5.41, 5.74) is 0.151. The average Bonchev–Trinajstić information content (AvgIpc) is 2.52. The number of rotatable bonds is 6. The zero-order chi connectivity index (χ0) is 19.5. The van der Waals surface area contributed by atoms with Gasteiger partial charge in [0.2, 0.25) is 0 Å². The zero-order valence-corrected chi connectivity index (χ0v) is 15.9. The van der Waals surface area contributed by atoms with Crippen molar-refractivity contribution in [1.29, 1.82) is 0 Å². The number of carbonyl (C=O) groups excluding carboxylic acids is 1. The fourth-order valence-electron chi connectivity index (χ4n) is 3.02. The summed E-state index contributed by atoms with van der Waals surface area (Å²) in [5.74, 6) is -0.589. The first kappa shape index (κ1) is 20.2. The molecule has 144 valence electrons. The summed E-state index contributed by atoms with van der Waals surface area (Å²) in [6.45, 7) is 6.61. The molecule has 2 N–H and O–H groups in total. The molecular formula is C20H28O6. The topological polar surface area (TPSA) is 93.1 Å². The number of aliphatic hydroxyl groups excluding tert-OH is 1. The molecule has 6 nitrogen and oxygen atoms in total. The van der Waals surface area contributed by atoms with Gasteiger partial charge in [0, 0.05) is 6.42 Å². The van der Waals surface area contributed by atoms with Gasteiger partial charge in [0.05, 0.1) is 18.4 Å². The molecule has 0 radical (unpaired) electrons. The molecule has 0 saturated heterocycles. The number of hydrogen-bond donors (Lipinski definition) is 2. The molecule has 0 bridgehead atoms. The van der Waals surface area contributed by atoms with E-state index in [2.05, 4.69) is 0 Å². The molecule has 26 heavy (non-hydrogen) atoms. The predicted octanol–water partition coefficient (Wildman–Crippen LogP) is 2.74. The van der Waals surface area contributed by atoms with Gasteiger partial charge in [-0.05, 0) is 57.7 Å². The van der Waals surface area contributed by atoms with E-state index in [1.807, 2.05) is 39.0 Å². The molecule has 0 fully saturated rings. The molecule has 0 aliphatic carbocycles. The highest BCUT2D eigenvalue weighted by Crippen LogP contribution is 2.34. The Hall–Kier alpha value is -2.08. The molecule has 1 aromatic rings. The highest BCUT2D eigenvalue weighted by molar-refractivity contribution is 5.74. The maximum absolute atomic E-state index is 12.0. The van der Waals surface area contributed by atoms with Crippen LogP contribution in [0.5, 0.6) is 5.75 Å². The van der Waals surface area contributed by atoms with Crippen molar-refractivity contribution in [2.24, 2.45) is 5.41 Å². The predicted molar refractivity (Wildman–Crippen MR) is 96.2 cm³/mol. The summed E-state index contributed by atoms with van der Waals surface area (Å²) < 4.78 is 11.3. The molecule has 1 aromatic carbocycles. The molecule has 1 aliphatic heterocycles. The van der Waals surface area contributed by atoms with Crippen molar-refractivity contribution in [2.75, 3.05) is 6.61 Å². The van der Waals surface area contributed by atoms with Crippen LogP contribution in [0.3, 0.4) is 0 Å². The summed E-state index contributed by atoms with van der Waals surface area (Å²) in [7, 11) is 0. The Balaban J connectivity index is 2.03. The third-order valence-electron chi connectivity index (χ3n) is 4.47. The van der Waals surface area contributed by atoms with E-state index in [0.29, 0.717) is 12.2 Å². The van der Waals surface area contributed by atoms with Gasteiger partial charge in [0.25, 0.3) is 0 Å². The lowest BCUT2D eigenvalue weighted by atomic mass is 9.83. The van der Waals surface area contributed by atoms with Crippen LogP contribution in [0.1, 0.15) is 51.7 Å². The Kier molecular flexibility index (Phi) is 5.96. The van der Waals surface area contributed by atoms with Crippen molar-refractivity contribution in [3.8, 4) is 5.75 Å². The number of aryl methyl sites for hydroxylation is 1. The second-order valence-corrected chi connectivity index (χ2v) is 8.21. The fraction of sp³-hybridized carbons (Fsp3) is 0.600. The lowest BCUT2D eigenvalue weighted by Gasteiger charge is -2.32. The molecule has 1 heterocycles. The quantitative estimate of drug-likeness (QED) is 0.754. The maximum Gasteiger partial charge on any atom is 0.311 e. The number of hydrogen-bond acceptors (Lipinski definition) is 5. The number of aliphatic carboxylic acids is 1. The van der Waals surface area contributed by atoms with E-state index in [4.69, 9.17) is 9.47 Å². The minimum atomic E-state index is -1.21. The average molecular weight is 364 g/mol. The number of ether oxygens (including phenoxy) is 2. The summed E-state index contributed by atoms with van der Waals surface area (Å²) in [6, 6.07) is 5.59. The van der Waals surface area contributed by atoms with Crippen molar-refractivity contribution in [3.63, 3.8) is 0 Å². The Morgan fingerprint density at radius 1 is 1.27 bits per heavy atom. The maximum atomic E-state index is 12.0. The molecule has 0 unspecified atom stereocenters. The van der Waals surface area contributed by atoms with Crippen LogP contribution in [-0.2, 0) is 27.2 Å². The van der Waals surface area contributed by atoms with Crippen molar-refractivity contribution in [2.45, 2.75) is 65.1 Å². The van der Waals surface area contributed by atoms with Gasteiger partial charge in [0.1, 0.15) is 17.5 Å². The number of fused-ring (bicyclic) bond motifs is 1. The molecule has 1 aliphatic rings. The van der Waals surface area contributed by atoms with Crippen LogP contribution < -0.4 is 4.74 Å². The number of carboxylic acids is 1. The van der Waals surface area contributed by atoms with Crippen LogP contribution in [0.25, 0.3) is 0 Å². The first-order chi connectivity index (χ1) is 12.0. The number of esters is 1. The molecule has 0 spiro atoms. The second kappa shape index (κ2) is 7.66. The van der Waals surface area contributed by atoms with Crippen molar-refractivity contribution >= 4 is 11.9 Å². The van der Waals surface area contributed by atoms with Crippen LogP contribution in [0.4, 0.5) is 0 Å². The van der Waals surface area contributed by atoms with E-state index in [-0.39, 0.29) is 24.9 Å². The van der Waals surface area contributed by atoms with Crippen LogP contribution in [0, 0.1) is 5.41 Å². The van der Waals surface area contributed by atoms with Gasteiger partial charge in [-0.15, -0.1) is 0 Å². The molecular weight excluding hydrogens is 336 g/mol. The van der Waals surface area contributed by atoms with E-state index in [1.54, 1.807) is 0 Å². The molecule has 2 rings (SSSR count). The third-order valence-corrected chi connectivity index (χ3v) is 4.47. The Morgan fingerprint density at radius 2 is 1.96 bits per heavy atom. The standard InChI is InChI=1S/C20H28O6/c1-19(2,3)26-17(22)10-13-5-8-16-14(9-13)6-7-15(25-16)11-20(4,12-21)18(23)24/h5,8-9,15,21H,6-7,10-12H2,1-4H3,(H,23,24)/t15-,20+/m1/s1. The summed E-state index contributed by atoms with van der Waals surface area (Å²) in [6.07, 6.45) is 1.61. The monoisotopic (exact) mass is 364 g/mol. The van der Waals surface area contributed by atoms with Gasteiger partial charge in [0.15, 0.2) is 0 Å². The molecule has 0 saturated carbocycles. The molecule has 2 atom stereocenters. The Morgan fingerprint density at radius 3 is 2.54 bits per heavy atom. The van der Waals surface area contributed by atoms with Crippen LogP contribution in [0.2, 0.25) is 0 Å². The van der Waals surface area contributed by atoms with E-state index < -0.39 is 23.6 Å². The van der Waals surface area contributed by atoms with Gasteiger partial charge in [-0.25, -0.2) is 0 Å². The van der Waals surface area contributed by atoms with Gasteiger partial charge < -0.3 is 19.7 Å². The number of aliphatic hydroxyl groups is 1. The van der Waals surface area contributed by atoms with Crippen LogP contribution in [0.15, 0.2) is 18.2 Å². The van der Waals surface area contributed by atoms with Gasteiger partial charge in [-0.1, -0.05) is 12.1 Å². The minimum absolute atomic E-state index is 0.204. The van der Waals surface area contributed by atoms with Crippen LogP contribution >= 0.6 is 0 Å². The van der Waals surface area contributed by atoms with Gasteiger partial charge >= 0.3 is 11.9 Å². The first-order valence-electron chi connectivity index (χ1n) is 8.87. The van der Waals surface area contributed by atoms with E-state index >= 15 is 0 Å². The normalized spacial score (nSPS) is 19.0. The van der Waals surface area contributed by atoms with E-state index in [1.165, 1.54) is 6.92 Å². The van der Waals surface area contributed by atoms with Crippen molar-refractivity contribution < 1.29 is 29.3 Å². The highest BCUT2D eigenvalue weighted by atomic mass is 16.6. The Labute approximate surface area is 154 Å². The molecule has 6 heteroatoms. The SMILES string of the molecule is CC(C)(C)OC(=O)Cc1ccc2c(c1)CC[C@H](C[C@@](C)(CO)C(=O)O)O2. The van der Waals surface area contributed by atoms with E-state index in [9.17, 15) is 19.8 Å². The second-order valence-electron chi connectivity index (χ2n) is 8.21. The van der Waals surface area contributed by atoms with Crippen LogP contribution in [-0.4, -0.2) is 40.5 Å². The summed E-state index contributed by atoms with van der Waals surface area (Å²) in [5, 5.41) is 18.7. The molecule has 0 aromatic heterocycles. The summed E-state index contributed by atoms with van der Waals surface area (Å²) in [4.78, 5) is 23.3. The Bertz CT molecular complexity index is 675. The van der Waals surface area contributed by atoms with Gasteiger partial charge in [-0.2, -0.15) is 0 Å². The smallest absolute Gasteiger partial charge is 0.311 e. The van der Waals surface area contributed by atoms with E-state index in [0.717, 1.165) is 17.5 Å². The summed E-state index contributed by atoms with van der Waals surface area (Å²) >= 11 is 0. The van der Waals surface area contributed by atoms with Gasteiger partial charge in [-0.3, -0.25) is 9.59 Å². The number of carboxylic acid groups (broad SMARTS) is 1. The largest absolute Gasteiger partial charge is 0.490 e. The number of benzene rings is 1. The van der Waals surface area contributed by atoms with Crippen molar-refractivity contribution in [1.82, 2.24) is 0 Å². The molecule has 0 amide bonds. The zero-order valence-electron chi connectivity index (χ0n) is 15.9. The highest BCUT2D eigenvalue weighted by Gasteiger charge is 2.37. The van der Waals surface area contributed by atoms with Crippen molar-refractivity contribution in [3.05, 3.63) is 29.3 Å². The third kappa shape index (κ3) is 5.21. The lowest BCUT2D eigenvalue weighted by molar-refractivity contribution is -0.154. The lowest BCUT2D eigenvalue weighted by Crippen LogP contribution is -2.38. The first-order valence-corrected chi connectivity index (χ1v) is 8.87. The minimum Gasteiger partial charge on any atom is -0.490 e.